The van der Waals surface area contributed by atoms with E-state index in [1.54, 1.807) is 17.8 Å². The number of anilines is 1. The summed E-state index contributed by atoms with van der Waals surface area (Å²) in [6.45, 7) is 5.80. The second kappa shape index (κ2) is 9.20. The number of nitrogens with one attached hydrogen (secondary N) is 1. The summed E-state index contributed by atoms with van der Waals surface area (Å²) in [5.41, 5.74) is 3.87. The average molecular weight is 446 g/mol. The van der Waals surface area contributed by atoms with Crippen molar-refractivity contribution >= 4 is 28.2 Å². The first-order valence-electron chi connectivity index (χ1n) is 10.3. The third-order valence-electron chi connectivity index (χ3n) is 5.12. The number of carbonyl (C=O) groups excluding carboxylic acids is 2. The Labute approximate surface area is 190 Å². The number of para-hydroxylation sites is 1. The number of amides is 1. The number of esters is 1. The van der Waals surface area contributed by atoms with E-state index in [9.17, 15) is 9.59 Å². The molecule has 4 rings (SSSR count). The molecule has 4 aromatic rings. The molecule has 0 spiro atoms. The minimum atomic E-state index is -0.437. The third kappa shape index (κ3) is 4.20. The van der Waals surface area contributed by atoms with Crippen LogP contribution in [0.2, 0.25) is 0 Å². The van der Waals surface area contributed by atoms with Crippen LogP contribution >= 0.6 is 11.3 Å². The normalized spacial score (nSPS) is 10.7. The van der Waals surface area contributed by atoms with Gasteiger partial charge in [0.25, 0.3) is 5.91 Å². The van der Waals surface area contributed by atoms with Crippen molar-refractivity contribution < 1.29 is 14.3 Å². The number of aromatic nitrogens is 2. The van der Waals surface area contributed by atoms with Gasteiger partial charge in [-0.3, -0.25) is 4.79 Å². The molecule has 7 heteroatoms. The van der Waals surface area contributed by atoms with Crippen LogP contribution in [0.1, 0.15) is 38.1 Å². The highest BCUT2D eigenvalue weighted by molar-refractivity contribution is 7.16. The van der Waals surface area contributed by atoms with Crippen molar-refractivity contribution in [1.82, 2.24) is 9.78 Å². The van der Waals surface area contributed by atoms with Gasteiger partial charge in [-0.2, -0.15) is 5.10 Å². The van der Waals surface area contributed by atoms with E-state index in [1.165, 1.54) is 11.3 Å². The second-order valence-electron chi connectivity index (χ2n) is 7.20. The largest absolute Gasteiger partial charge is 0.462 e. The number of ether oxygens (including phenoxy) is 1. The zero-order valence-corrected chi connectivity index (χ0v) is 18.9. The van der Waals surface area contributed by atoms with Gasteiger partial charge in [0.05, 0.1) is 23.4 Å². The molecule has 0 aliphatic carbocycles. The topological polar surface area (TPSA) is 73.2 Å². The Kier molecular flexibility index (Phi) is 6.18. The number of carbonyl (C=O) groups is 2. The lowest BCUT2D eigenvalue weighted by Crippen LogP contribution is -2.15. The highest BCUT2D eigenvalue weighted by Gasteiger charge is 2.25. The number of nitrogens with zero attached hydrogens (tertiary/aromatic N) is 2. The zero-order valence-electron chi connectivity index (χ0n) is 18.1. The predicted octanol–water partition coefficient (Wildman–Crippen LogP) is 5.65. The van der Waals surface area contributed by atoms with Crippen LogP contribution in [0.25, 0.3) is 16.9 Å². The molecule has 2 aromatic carbocycles. The molecular weight excluding hydrogens is 422 g/mol. The molecule has 6 nitrogen and oxygen atoms in total. The number of hydrogen-bond acceptors (Lipinski definition) is 5. The summed E-state index contributed by atoms with van der Waals surface area (Å²) < 4.78 is 6.89. The van der Waals surface area contributed by atoms with Gasteiger partial charge < -0.3 is 10.1 Å². The van der Waals surface area contributed by atoms with Gasteiger partial charge in [0.15, 0.2) is 0 Å². The van der Waals surface area contributed by atoms with Crippen molar-refractivity contribution in [3.8, 4) is 16.9 Å². The Morgan fingerprint density at radius 1 is 1.03 bits per heavy atom. The molecule has 0 bridgehead atoms. The maximum Gasteiger partial charge on any atom is 0.341 e. The molecule has 0 atom stereocenters. The van der Waals surface area contributed by atoms with Crippen LogP contribution in [-0.2, 0) is 4.74 Å². The lowest BCUT2D eigenvalue weighted by molar-refractivity contribution is 0.0527. The molecule has 0 saturated heterocycles. The third-order valence-corrected chi connectivity index (χ3v) is 6.24. The maximum atomic E-state index is 13.4. The van der Waals surface area contributed by atoms with E-state index in [1.807, 2.05) is 74.5 Å². The van der Waals surface area contributed by atoms with E-state index in [-0.39, 0.29) is 12.5 Å². The molecule has 1 N–H and O–H groups in total. The summed E-state index contributed by atoms with van der Waals surface area (Å²) in [7, 11) is 0. The van der Waals surface area contributed by atoms with Gasteiger partial charge in [0.2, 0.25) is 0 Å². The molecule has 2 aromatic heterocycles. The molecule has 0 radical (unpaired) electrons. The van der Waals surface area contributed by atoms with E-state index >= 15 is 0 Å². The van der Waals surface area contributed by atoms with Gasteiger partial charge in [-0.15, -0.1) is 11.3 Å². The zero-order chi connectivity index (χ0) is 22.7. The monoisotopic (exact) mass is 445 g/mol. The standard InChI is InChI=1S/C25H23N3O3S/c1-4-31-25(30)21-16(2)17(3)32-24(21)26-23(29)20-15-28(19-13-9-6-10-14-19)27-22(20)18-11-7-5-8-12-18/h5-15H,4H2,1-3H3,(H,26,29). The summed E-state index contributed by atoms with van der Waals surface area (Å²) in [4.78, 5) is 26.9. The van der Waals surface area contributed by atoms with E-state index in [0.29, 0.717) is 21.8 Å². The molecule has 0 unspecified atom stereocenters. The molecule has 0 fully saturated rings. The van der Waals surface area contributed by atoms with Gasteiger partial charge in [0.1, 0.15) is 10.7 Å². The lowest BCUT2D eigenvalue weighted by Gasteiger charge is -2.07. The lowest BCUT2D eigenvalue weighted by atomic mass is 10.1. The predicted molar refractivity (Wildman–Crippen MR) is 127 cm³/mol. The summed E-state index contributed by atoms with van der Waals surface area (Å²) in [5, 5.41) is 8.10. The van der Waals surface area contributed by atoms with Gasteiger partial charge in [-0.05, 0) is 38.5 Å². The highest BCUT2D eigenvalue weighted by Crippen LogP contribution is 2.34. The van der Waals surface area contributed by atoms with E-state index < -0.39 is 5.97 Å². The van der Waals surface area contributed by atoms with E-state index in [0.717, 1.165) is 21.7 Å². The maximum absolute atomic E-state index is 13.4. The second-order valence-corrected chi connectivity index (χ2v) is 8.42. The number of hydrogen-bond donors (Lipinski definition) is 1. The molecule has 2 heterocycles. The van der Waals surface area contributed by atoms with Crippen LogP contribution in [0.3, 0.4) is 0 Å². The first-order valence-corrected chi connectivity index (χ1v) is 11.1. The SMILES string of the molecule is CCOC(=O)c1c(NC(=O)c2cn(-c3ccccc3)nc2-c2ccccc2)sc(C)c1C. The first kappa shape index (κ1) is 21.5. The average Bonchev–Trinajstić information content (AvgIpc) is 3.37. The number of aryl methyl sites for hydroxylation is 1. The van der Waals surface area contributed by atoms with Crippen molar-refractivity contribution in [2.75, 3.05) is 11.9 Å². The number of rotatable bonds is 6. The van der Waals surface area contributed by atoms with Crippen LogP contribution in [0.5, 0.6) is 0 Å². The molecular formula is C25H23N3O3S. The Hall–Kier alpha value is -3.71. The van der Waals surface area contributed by atoms with Crippen molar-refractivity contribution in [2.24, 2.45) is 0 Å². The van der Waals surface area contributed by atoms with Gasteiger partial charge in [-0.25, -0.2) is 9.48 Å². The minimum absolute atomic E-state index is 0.266. The Morgan fingerprint density at radius 2 is 1.69 bits per heavy atom. The summed E-state index contributed by atoms with van der Waals surface area (Å²) in [6, 6.07) is 19.2. The molecule has 0 aliphatic rings. The Morgan fingerprint density at radius 3 is 2.34 bits per heavy atom. The molecule has 0 aliphatic heterocycles. The Balaban J connectivity index is 1.75. The fourth-order valence-corrected chi connectivity index (χ4v) is 4.44. The van der Waals surface area contributed by atoms with E-state index in [2.05, 4.69) is 5.32 Å². The van der Waals surface area contributed by atoms with Gasteiger partial charge in [0, 0.05) is 16.6 Å². The number of thiophene rings is 1. The van der Waals surface area contributed by atoms with Crippen LogP contribution in [0, 0.1) is 13.8 Å². The molecule has 0 saturated carbocycles. The molecule has 32 heavy (non-hydrogen) atoms. The highest BCUT2D eigenvalue weighted by atomic mass is 32.1. The van der Waals surface area contributed by atoms with Gasteiger partial charge >= 0.3 is 5.97 Å². The van der Waals surface area contributed by atoms with Gasteiger partial charge in [-0.1, -0.05) is 48.5 Å². The van der Waals surface area contributed by atoms with Crippen LogP contribution < -0.4 is 5.32 Å². The smallest absolute Gasteiger partial charge is 0.341 e. The van der Waals surface area contributed by atoms with Crippen molar-refractivity contribution in [3.05, 3.63) is 88.4 Å². The fraction of sp³-hybridized carbons (Fsp3) is 0.160. The quantitative estimate of drug-likeness (QED) is 0.390. The minimum Gasteiger partial charge on any atom is -0.462 e. The first-order chi connectivity index (χ1) is 15.5. The van der Waals surface area contributed by atoms with Crippen LogP contribution in [-0.4, -0.2) is 28.3 Å². The van der Waals surface area contributed by atoms with Crippen LogP contribution in [0.15, 0.2) is 66.9 Å². The summed E-state index contributed by atoms with van der Waals surface area (Å²) in [5.74, 6) is -0.772. The van der Waals surface area contributed by atoms with Crippen molar-refractivity contribution in [3.63, 3.8) is 0 Å². The van der Waals surface area contributed by atoms with E-state index in [4.69, 9.17) is 9.84 Å². The summed E-state index contributed by atoms with van der Waals surface area (Å²) >= 11 is 1.36. The summed E-state index contributed by atoms with van der Waals surface area (Å²) in [6.07, 6.45) is 1.71. The fourth-order valence-electron chi connectivity index (χ4n) is 3.40. The molecule has 162 valence electrons. The van der Waals surface area contributed by atoms with Crippen molar-refractivity contribution in [2.45, 2.75) is 20.8 Å². The Bertz CT molecular complexity index is 1260. The van der Waals surface area contributed by atoms with Crippen molar-refractivity contribution in [1.29, 1.82) is 0 Å². The number of benzene rings is 2. The molecule has 1 amide bonds. The van der Waals surface area contributed by atoms with Crippen LogP contribution in [0.4, 0.5) is 5.00 Å².